The number of anilines is 1. The van der Waals surface area contributed by atoms with Gasteiger partial charge in [-0.25, -0.2) is 4.98 Å². The highest BCUT2D eigenvalue weighted by atomic mass is 16.3. The highest BCUT2D eigenvalue weighted by Crippen LogP contribution is 2.43. The van der Waals surface area contributed by atoms with E-state index < -0.39 is 0 Å². The van der Waals surface area contributed by atoms with E-state index in [0.717, 1.165) is 36.0 Å². The molecule has 0 spiro atoms. The second-order valence-electron chi connectivity index (χ2n) is 5.93. The summed E-state index contributed by atoms with van der Waals surface area (Å²) in [6.07, 6.45) is 4.54. The van der Waals surface area contributed by atoms with Gasteiger partial charge in [-0.3, -0.25) is 4.79 Å². The number of fused-ring (bicyclic) bond motifs is 1. The zero-order valence-corrected chi connectivity index (χ0v) is 12.3. The predicted octanol–water partition coefficient (Wildman–Crippen LogP) is 2.85. The first-order chi connectivity index (χ1) is 10.1. The Balaban J connectivity index is 1.70. The molecule has 1 heterocycles. The minimum Gasteiger partial charge on any atom is -0.441 e. The van der Waals surface area contributed by atoms with Crippen LogP contribution in [-0.4, -0.2) is 17.4 Å². The average Bonchev–Trinajstić information content (AvgIpc) is 2.85. The molecule has 1 aliphatic carbocycles. The van der Waals surface area contributed by atoms with E-state index in [2.05, 4.69) is 10.3 Å². The van der Waals surface area contributed by atoms with Crippen LogP contribution in [0.25, 0.3) is 11.1 Å². The molecule has 1 saturated carbocycles. The maximum Gasteiger partial charge on any atom is 0.224 e. The highest BCUT2D eigenvalue weighted by Gasteiger charge is 2.37. The Bertz CT molecular complexity index is 653. The lowest BCUT2D eigenvalue weighted by atomic mass is 9.66. The quantitative estimate of drug-likeness (QED) is 0.886. The monoisotopic (exact) mass is 287 g/mol. The third-order valence-corrected chi connectivity index (χ3v) is 4.40. The Kier molecular flexibility index (Phi) is 3.68. The van der Waals surface area contributed by atoms with E-state index in [-0.39, 0.29) is 11.3 Å². The van der Waals surface area contributed by atoms with Gasteiger partial charge in [-0.1, -0.05) is 13.3 Å². The molecule has 1 aliphatic rings. The summed E-state index contributed by atoms with van der Waals surface area (Å²) in [5, 5.41) is 2.94. The molecule has 3 N–H and O–H groups in total. The van der Waals surface area contributed by atoms with E-state index >= 15 is 0 Å². The van der Waals surface area contributed by atoms with Crippen molar-refractivity contribution in [1.29, 1.82) is 0 Å². The molecule has 5 heteroatoms. The standard InChI is InChI=1S/C16H21N3O2/c1-2-15-19-12-8-11(4-5-13(12)21-15)18-14(20)9-16(10-17)6-3-7-16/h4-5,8H,2-3,6-7,9-10,17H2,1H3,(H,18,20). The van der Waals surface area contributed by atoms with Crippen LogP contribution in [0.1, 0.15) is 38.5 Å². The Morgan fingerprint density at radius 3 is 2.90 bits per heavy atom. The van der Waals surface area contributed by atoms with Gasteiger partial charge in [0.1, 0.15) is 5.52 Å². The second kappa shape index (κ2) is 5.48. The van der Waals surface area contributed by atoms with Crippen molar-refractivity contribution in [2.24, 2.45) is 11.1 Å². The summed E-state index contributed by atoms with van der Waals surface area (Å²) < 4.78 is 5.56. The molecule has 1 amide bonds. The largest absolute Gasteiger partial charge is 0.441 e. The van der Waals surface area contributed by atoms with E-state index in [0.29, 0.717) is 18.9 Å². The van der Waals surface area contributed by atoms with Gasteiger partial charge in [-0.2, -0.15) is 0 Å². The number of oxazole rings is 1. The zero-order chi connectivity index (χ0) is 14.9. The number of nitrogens with zero attached hydrogens (tertiary/aromatic N) is 1. The first-order valence-corrected chi connectivity index (χ1v) is 7.53. The molecule has 0 bridgehead atoms. The molecule has 5 nitrogen and oxygen atoms in total. The Morgan fingerprint density at radius 1 is 1.48 bits per heavy atom. The highest BCUT2D eigenvalue weighted by molar-refractivity contribution is 5.93. The van der Waals surface area contributed by atoms with Crippen LogP contribution < -0.4 is 11.1 Å². The molecule has 21 heavy (non-hydrogen) atoms. The summed E-state index contributed by atoms with van der Waals surface area (Å²) in [6.45, 7) is 2.58. The Hall–Kier alpha value is -1.88. The van der Waals surface area contributed by atoms with Gasteiger partial charge in [0.25, 0.3) is 0 Å². The summed E-state index contributed by atoms with van der Waals surface area (Å²) in [5.41, 5.74) is 8.12. The number of nitrogens with two attached hydrogens (primary N) is 1. The van der Waals surface area contributed by atoms with Crippen molar-refractivity contribution in [1.82, 2.24) is 4.98 Å². The van der Waals surface area contributed by atoms with Gasteiger partial charge in [0.2, 0.25) is 5.91 Å². The van der Waals surface area contributed by atoms with E-state index in [1.807, 2.05) is 25.1 Å². The molecule has 3 rings (SSSR count). The predicted molar refractivity (Wildman–Crippen MR) is 82.0 cm³/mol. The molecular formula is C16H21N3O2. The zero-order valence-electron chi connectivity index (χ0n) is 12.3. The van der Waals surface area contributed by atoms with Crippen molar-refractivity contribution in [3.8, 4) is 0 Å². The van der Waals surface area contributed by atoms with Gasteiger partial charge in [0.05, 0.1) is 0 Å². The number of hydrogen-bond acceptors (Lipinski definition) is 4. The third kappa shape index (κ3) is 2.78. The van der Waals surface area contributed by atoms with E-state index in [9.17, 15) is 4.79 Å². The Labute approximate surface area is 123 Å². The summed E-state index contributed by atoms with van der Waals surface area (Å²) in [6, 6.07) is 5.55. The lowest BCUT2D eigenvalue weighted by Crippen LogP contribution is -2.40. The number of aryl methyl sites for hydroxylation is 1. The summed E-state index contributed by atoms with van der Waals surface area (Å²) in [7, 11) is 0. The van der Waals surface area contributed by atoms with E-state index in [1.54, 1.807) is 0 Å². The normalized spacial score (nSPS) is 16.7. The Morgan fingerprint density at radius 2 is 2.29 bits per heavy atom. The van der Waals surface area contributed by atoms with E-state index in [4.69, 9.17) is 10.2 Å². The number of nitrogens with one attached hydrogen (secondary N) is 1. The number of amides is 1. The fourth-order valence-electron chi connectivity index (χ4n) is 2.88. The lowest BCUT2D eigenvalue weighted by Gasteiger charge is -2.40. The van der Waals surface area contributed by atoms with Crippen LogP contribution in [0.15, 0.2) is 22.6 Å². The van der Waals surface area contributed by atoms with Crippen molar-refractivity contribution in [3.63, 3.8) is 0 Å². The van der Waals surface area contributed by atoms with Crippen molar-refractivity contribution in [2.45, 2.75) is 39.0 Å². The molecule has 0 aliphatic heterocycles. The maximum atomic E-state index is 12.2. The number of carbonyl (C=O) groups excluding carboxylic acids is 1. The van der Waals surface area contributed by atoms with Crippen LogP contribution >= 0.6 is 0 Å². The average molecular weight is 287 g/mol. The fraction of sp³-hybridized carbons (Fsp3) is 0.500. The molecule has 0 unspecified atom stereocenters. The molecule has 0 saturated heterocycles. The number of carbonyl (C=O) groups is 1. The first-order valence-electron chi connectivity index (χ1n) is 7.53. The van der Waals surface area contributed by atoms with Crippen molar-refractivity contribution in [3.05, 3.63) is 24.1 Å². The number of hydrogen-bond donors (Lipinski definition) is 2. The molecule has 1 aromatic carbocycles. The van der Waals surface area contributed by atoms with Crippen LogP contribution in [0.3, 0.4) is 0 Å². The van der Waals surface area contributed by atoms with Crippen molar-refractivity contribution in [2.75, 3.05) is 11.9 Å². The lowest BCUT2D eigenvalue weighted by molar-refractivity contribution is -0.119. The number of aromatic nitrogens is 1. The fourth-order valence-corrected chi connectivity index (χ4v) is 2.88. The first kappa shape index (κ1) is 14.1. The summed E-state index contributed by atoms with van der Waals surface area (Å²) >= 11 is 0. The third-order valence-electron chi connectivity index (χ3n) is 4.40. The van der Waals surface area contributed by atoms with Crippen LogP contribution in [-0.2, 0) is 11.2 Å². The SMILES string of the molecule is CCc1nc2cc(NC(=O)CC3(CN)CCC3)ccc2o1. The molecule has 1 fully saturated rings. The maximum absolute atomic E-state index is 12.2. The minimum atomic E-state index is 0.0253. The van der Waals surface area contributed by atoms with Gasteiger partial charge in [0.15, 0.2) is 11.5 Å². The van der Waals surface area contributed by atoms with Crippen LogP contribution in [0.2, 0.25) is 0 Å². The molecule has 0 radical (unpaired) electrons. The summed E-state index contributed by atoms with van der Waals surface area (Å²) in [4.78, 5) is 16.5. The van der Waals surface area contributed by atoms with Crippen LogP contribution in [0.5, 0.6) is 0 Å². The van der Waals surface area contributed by atoms with Gasteiger partial charge in [-0.15, -0.1) is 0 Å². The second-order valence-corrected chi connectivity index (χ2v) is 5.93. The van der Waals surface area contributed by atoms with Gasteiger partial charge < -0.3 is 15.5 Å². The summed E-state index contributed by atoms with van der Waals surface area (Å²) in [5.74, 6) is 0.740. The molecule has 2 aromatic rings. The molecule has 1 aromatic heterocycles. The molecule has 112 valence electrons. The van der Waals surface area contributed by atoms with Crippen LogP contribution in [0, 0.1) is 5.41 Å². The number of benzene rings is 1. The molecular weight excluding hydrogens is 266 g/mol. The van der Waals surface area contributed by atoms with E-state index in [1.165, 1.54) is 6.42 Å². The smallest absolute Gasteiger partial charge is 0.224 e. The van der Waals surface area contributed by atoms with Gasteiger partial charge >= 0.3 is 0 Å². The minimum absolute atomic E-state index is 0.0253. The van der Waals surface area contributed by atoms with Gasteiger partial charge in [-0.05, 0) is 43.0 Å². The van der Waals surface area contributed by atoms with Gasteiger partial charge in [0, 0.05) is 18.5 Å². The van der Waals surface area contributed by atoms with Crippen LogP contribution in [0.4, 0.5) is 5.69 Å². The molecule has 0 atom stereocenters. The van der Waals surface area contributed by atoms with Crippen molar-refractivity contribution < 1.29 is 9.21 Å². The topological polar surface area (TPSA) is 81.2 Å². The van der Waals surface area contributed by atoms with Crippen molar-refractivity contribution >= 4 is 22.7 Å². The number of rotatable bonds is 5.